The molecule has 0 bridgehead atoms. The number of nitrogens with one attached hydrogen (secondary N) is 1. The highest BCUT2D eigenvalue weighted by Gasteiger charge is 2.35. The minimum atomic E-state index is -0.250. The molecular weight excluding hydrogens is 326 g/mol. The lowest BCUT2D eigenvalue weighted by molar-refractivity contribution is -0.111. The Morgan fingerprint density at radius 3 is 2.85 bits per heavy atom. The van der Waals surface area contributed by atoms with Crippen LogP contribution in [0.4, 0.5) is 11.4 Å². The molecule has 2 aliphatic rings. The van der Waals surface area contributed by atoms with Crippen molar-refractivity contribution >= 4 is 35.3 Å². The molecule has 1 atom stereocenters. The van der Waals surface area contributed by atoms with Crippen molar-refractivity contribution in [2.75, 3.05) is 16.8 Å². The summed E-state index contributed by atoms with van der Waals surface area (Å²) in [5.74, 6) is 1.42. The van der Waals surface area contributed by atoms with Crippen molar-refractivity contribution in [3.63, 3.8) is 0 Å². The minimum absolute atomic E-state index is 0.0957. The van der Waals surface area contributed by atoms with Gasteiger partial charge >= 0.3 is 0 Å². The maximum Gasteiger partial charge on any atom is 0.247 e. The topological polar surface area (TPSA) is 69.4 Å². The first-order valence-corrected chi connectivity index (χ1v) is 8.29. The first kappa shape index (κ1) is 16.0. The molecule has 0 radical (unpaired) electrons. The van der Waals surface area contributed by atoms with Gasteiger partial charge in [-0.25, -0.2) is 4.99 Å². The molecule has 128 valence electrons. The SMILES string of the molecule is C=CC(=O)Nc1cccc(N2C(c3ccccc3)=NC3CN=CN=C32)c1. The van der Waals surface area contributed by atoms with Crippen LogP contribution in [-0.2, 0) is 4.79 Å². The largest absolute Gasteiger partial charge is 0.322 e. The Bertz CT molecular complexity index is 946. The number of carbonyl (C=O) groups excluding carboxylic acids is 1. The summed E-state index contributed by atoms with van der Waals surface area (Å²) in [6.07, 6.45) is 2.82. The second-order valence-electron chi connectivity index (χ2n) is 5.88. The minimum Gasteiger partial charge on any atom is -0.322 e. The number of anilines is 2. The number of hydrogen-bond acceptors (Lipinski definition) is 5. The average Bonchev–Trinajstić information content (AvgIpc) is 3.08. The smallest absolute Gasteiger partial charge is 0.247 e. The number of hydrogen-bond donors (Lipinski definition) is 1. The van der Waals surface area contributed by atoms with Gasteiger partial charge in [0, 0.05) is 11.3 Å². The van der Waals surface area contributed by atoms with Crippen molar-refractivity contribution in [3.8, 4) is 0 Å². The van der Waals surface area contributed by atoms with Crippen molar-refractivity contribution in [2.24, 2.45) is 15.0 Å². The Hall–Kier alpha value is -3.54. The normalized spacial score (nSPS) is 18.0. The molecule has 1 amide bonds. The van der Waals surface area contributed by atoms with Gasteiger partial charge in [-0.15, -0.1) is 0 Å². The summed E-state index contributed by atoms with van der Waals surface area (Å²) >= 11 is 0. The lowest BCUT2D eigenvalue weighted by atomic mass is 10.1. The second-order valence-corrected chi connectivity index (χ2v) is 5.88. The highest BCUT2D eigenvalue weighted by molar-refractivity contribution is 6.31. The molecule has 0 aliphatic carbocycles. The highest BCUT2D eigenvalue weighted by atomic mass is 16.1. The van der Waals surface area contributed by atoms with E-state index in [1.807, 2.05) is 59.5 Å². The molecule has 0 aromatic heterocycles. The van der Waals surface area contributed by atoms with Crippen molar-refractivity contribution in [3.05, 3.63) is 72.8 Å². The first-order valence-electron chi connectivity index (χ1n) is 8.29. The number of benzene rings is 2. The van der Waals surface area contributed by atoms with Gasteiger partial charge in [0.15, 0.2) is 0 Å². The zero-order chi connectivity index (χ0) is 17.9. The standard InChI is InChI=1S/C20H17N5O/c1-2-18(26)23-15-9-6-10-16(11-15)25-19(14-7-4-3-5-8-14)24-17-12-21-13-22-20(17)25/h2-11,13,17H,1,12H2,(H,23,26). The van der Waals surface area contributed by atoms with Gasteiger partial charge in [-0.2, -0.15) is 0 Å². The van der Waals surface area contributed by atoms with E-state index in [9.17, 15) is 4.79 Å². The van der Waals surface area contributed by atoms with Crippen molar-refractivity contribution in [1.29, 1.82) is 0 Å². The van der Waals surface area contributed by atoms with E-state index >= 15 is 0 Å². The fraction of sp³-hybridized carbons (Fsp3) is 0.100. The number of aliphatic imine (C=N–C) groups is 3. The second kappa shape index (κ2) is 6.76. The van der Waals surface area contributed by atoms with Crippen LogP contribution in [0.3, 0.4) is 0 Å². The van der Waals surface area contributed by atoms with E-state index in [2.05, 4.69) is 21.9 Å². The lowest BCUT2D eigenvalue weighted by Gasteiger charge is -2.24. The summed E-state index contributed by atoms with van der Waals surface area (Å²) in [6.45, 7) is 4.07. The molecule has 2 aromatic carbocycles. The van der Waals surface area contributed by atoms with Crippen molar-refractivity contribution in [2.45, 2.75) is 6.04 Å². The quantitative estimate of drug-likeness (QED) is 0.867. The Labute approximate surface area is 151 Å². The molecule has 1 unspecified atom stereocenters. The fourth-order valence-corrected chi connectivity index (χ4v) is 3.00. The Morgan fingerprint density at radius 1 is 1.19 bits per heavy atom. The van der Waals surface area contributed by atoms with Gasteiger partial charge in [0.2, 0.25) is 5.91 Å². The van der Waals surface area contributed by atoms with Crippen LogP contribution in [0.5, 0.6) is 0 Å². The number of carbonyl (C=O) groups is 1. The van der Waals surface area contributed by atoms with Crippen LogP contribution in [0.25, 0.3) is 0 Å². The van der Waals surface area contributed by atoms with Gasteiger partial charge in [-0.3, -0.25) is 19.7 Å². The van der Waals surface area contributed by atoms with Gasteiger partial charge < -0.3 is 5.32 Å². The molecular formula is C20H17N5O. The molecule has 26 heavy (non-hydrogen) atoms. The summed E-state index contributed by atoms with van der Waals surface area (Å²) in [4.78, 5) is 27.2. The third-order valence-corrected chi connectivity index (χ3v) is 4.16. The molecule has 1 N–H and O–H groups in total. The molecule has 0 fully saturated rings. The molecule has 2 aliphatic heterocycles. The monoisotopic (exact) mass is 343 g/mol. The molecule has 0 spiro atoms. The summed E-state index contributed by atoms with van der Waals surface area (Å²) in [7, 11) is 0. The number of amidine groups is 2. The number of nitrogens with zero attached hydrogens (tertiary/aromatic N) is 4. The van der Waals surface area contributed by atoms with Gasteiger partial charge in [0.05, 0.1) is 12.2 Å². The average molecular weight is 343 g/mol. The van der Waals surface area contributed by atoms with Crippen LogP contribution in [0.2, 0.25) is 0 Å². The maximum atomic E-state index is 11.6. The third kappa shape index (κ3) is 2.93. The molecule has 6 nitrogen and oxygen atoms in total. The van der Waals surface area contributed by atoms with Crippen LogP contribution in [0, 0.1) is 0 Å². The Kier molecular flexibility index (Phi) is 4.15. The number of rotatable bonds is 4. The van der Waals surface area contributed by atoms with E-state index in [0.29, 0.717) is 12.2 Å². The number of fused-ring (bicyclic) bond motifs is 1. The molecule has 4 rings (SSSR count). The lowest BCUT2D eigenvalue weighted by Crippen LogP contribution is -2.38. The van der Waals surface area contributed by atoms with E-state index in [1.165, 1.54) is 6.08 Å². The van der Waals surface area contributed by atoms with Crippen molar-refractivity contribution < 1.29 is 4.79 Å². The molecule has 0 saturated carbocycles. The number of amides is 1. The third-order valence-electron chi connectivity index (χ3n) is 4.16. The molecule has 0 saturated heterocycles. The van der Waals surface area contributed by atoms with Crippen LogP contribution in [-0.4, -0.2) is 36.5 Å². The summed E-state index contributed by atoms with van der Waals surface area (Å²) < 4.78 is 0. The van der Waals surface area contributed by atoms with Crippen LogP contribution >= 0.6 is 0 Å². The fourth-order valence-electron chi connectivity index (χ4n) is 3.00. The van der Waals surface area contributed by atoms with Gasteiger partial charge in [-0.05, 0) is 24.3 Å². The van der Waals surface area contributed by atoms with Crippen molar-refractivity contribution in [1.82, 2.24) is 0 Å². The predicted octanol–water partition coefficient (Wildman–Crippen LogP) is 2.89. The predicted molar refractivity (Wildman–Crippen MR) is 105 cm³/mol. The molecule has 6 heteroatoms. The maximum absolute atomic E-state index is 11.6. The van der Waals surface area contributed by atoms with Gasteiger partial charge in [0.25, 0.3) is 0 Å². The molecule has 2 aromatic rings. The summed E-state index contributed by atoms with van der Waals surface area (Å²) in [6, 6.07) is 17.5. The van der Waals surface area contributed by atoms with E-state index < -0.39 is 0 Å². The highest BCUT2D eigenvalue weighted by Crippen LogP contribution is 2.28. The van der Waals surface area contributed by atoms with E-state index in [0.717, 1.165) is 22.9 Å². The first-order chi connectivity index (χ1) is 12.8. The zero-order valence-electron chi connectivity index (χ0n) is 14.0. The summed E-state index contributed by atoms with van der Waals surface area (Å²) in [5.41, 5.74) is 2.57. The van der Waals surface area contributed by atoms with Gasteiger partial charge in [0.1, 0.15) is 24.1 Å². The van der Waals surface area contributed by atoms with Crippen LogP contribution in [0.1, 0.15) is 5.56 Å². The van der Waals surface area contributed by atoms with E-state index in [-0.39, 0.29) is 11.9 Å². The van der Waals surface area contributed by atoms with E-state index in [1.54, 1.807) is 6.34 Å². The van der Waals surface area contributed by atoms with Crippen LogP contribution in [0.15, 0.2) is 82.2 Å². The zero-order valence-corrected chi connectivity index (χ0v) is 14.0. The Balaban J connectivity index is 1.77. The molecule has 2 heterocycles. The van der Waals surface area contributed by atoms with Crippen LogP contribution < -0.4 is 10.2 Å². The Morgan fingerprint density at radius 2 is 2.04 bits per heavy atom. The summed E-state index contributed by atoms with van der Waals surface area (Å²) in [5, 5.41) is 2.79. The van der Waals surface area contributed by atoms with E-state index in [4.69, 9.17) is 4.99 Å². The van der Waals surface area contributed by atoms with Gasteiger partial charge in [-0.1, -0.05) is 43.0 Å².